The van der Waals surface area contributed by atoms with Crippen molar-refractivity contribution < 1.29 is 23.5 Å². The summed E-state index contributed by atoms with van der Waals surface area (Å²) in [6, 6.07) is 15.5. The van der Waals surface area contributed by atoms with E-state index < -0.39 is 29.5 Å². The van der Waals surface area contributed by atoms with Gasteiger partial charge in [-0.15, -0.1) is 0 Å². The third-order valence-electron chi connectivity index (χ3n) is 6.24. The average molecular weight is 570 g/mol. The minimum absolute atomic E-state index is 0.0120. The topological polar surface area (TPSA) is 121 Å². The zero-order chi connectivity index (χ0) is 27.6. The van der Waals surface area contributed by atoms with Gasteiger partial charge < -0.3 is 20.5 Å². The van der Waals surface area contributed by atoms with Crippen LogP contribution < -0.4 is 11.1 Å². The van der Waals surface area contributed by atoms with Crippen LogP contribution in [-0.2, 0) is 20.7 Å². The van der Waals surface area contributed by atoms with Crippen molar-refractivity contribution in [3.05, 3.63) is 100 Å². The van der Waals surface area contributed by atoms with Crippen LogP contribution >= 0.6 is 23.2 Å². The average Bonchev–Trinajstić information content (AvgIpc) is 3.63. The molecule has 1 atom stereocenters. The molecule has 0 bridgehead atoms. The van der Waals surface area contributed by atoms with Crippen molar-refractivity contribution >= 4 is 35.0 Å². The van der Waals surface area contributed by atoms with Crippen LogP contribution in [0.25, 0.3) is 17.1 Å². The molecule has 3 heterocycles. The van der Waals surface area contributed by atoms with Crippen LogP contribution in [0.5, 0.6) is 0 Å². The van der Waals surface area contributed by atoms with E-state index in [1.54, 1.807) is 12.1 Å². The highest BCUT2D eigenvalue weighted by molar-refractivity contribution is 6.43. The molecule has 1 saturated heterocycles. The minimum atomic E-state index is -1.85. The first-order valence-electron chi connectivity index (χ1n) is 11.9. The Morgan fingerprint density at radius 1 is 1.08 bits per heavy atom. The molecule has 4 aromatic rings. The first-order valence-corrected chi connectivity index (χ1v) is 12.6. The van der Waals surface area contributed by atoms with Gasteiger partial charge in [0.05, 0.1) is 46.1 Å². The lowest BCUT2D eigenvalue weighted by molar-refractivity contribution is -0.189. The number of primary amides is 1. The second-order valence-electron chi connectivity index (χ2n) is 8.68. The lowest BCUT2D eigenvalue weighted by Crippen LogP contribution is -2.61. The van der Waals surface area contributed by atoms with E-state index in [2.05, 4.69) is 15.4 Å². The van der Waals surface area contributed by atoms with Gasteiger partial charge in [0.2, 0.25) is 0 Å². The molecule has 200 valence electrons. The molecule has 12 heteroatoms. The lowest BCUT2D eigenvalue weighted by atomic mass is 9.97. The second kappa shape index (κ2) is 11.1. The molecule has 0 radical (unpaired) electrons. The lowest BCUT2D eigenvalue weighted by Gasteiger charge is -2.33. The number of nitrogens with one attached hydrogen (secondary N) is 1. The molecule has 5 rings (SSSR count). The number of ether oxygens (including phenoxy) is 2. The Hall–Kier alpha value is -3.83. The van der Waals surface area contributed by atoms with Crippen LogP contribution in [0.4, 0.5) is 4.39 Å². The normalized spacial score (nSPS) is 15.2. The first kappa shape index (κ1) is 26.8. The van der Waals surface area contributed by atoms with Gasteiger partial charge in [0, 0.05) is 12.4 Å². The maximum Gasteiger partial charge on any atom is 0.280 e. The highest BCUT2D eigenvalue weighted by atomic mass is 35.5. The zero-order valence-electron chi connectivity index (χ0n) is 20.3. The molecule has 1 fully saturated rings. The fourth-order valence-electron chi connectivity index (χ4n) is 4.40. The van der Waals surface area contributed by atoms with E-state index in [1.165, 1.54) is 35.3 Å². The zero-order valence-corrected chi connectivity index (χ0v) is 21.8. The SMILES string of the molecule is NC(=O)C1(C(Cc2ccccc2)NC(=O)c2cccnc2-n2ccc(-c3c(F)ccc(Cl)c3Cl)n2)OCCO1. The number of nitrogens with zero attached hydrogens (tertiary/aromatic N) is 3. The summed E-state index contributed by atoms with van der Waals surface area (Å²) < 4.78 is 27.2. The summed E-state index contributed by atoms with van der Waals surface area (Å²) in [5.41, 5.74) is 6.86. The maximum absolute atomic E-state index is 14.6. The number of aromatic nitrogens is 3. The molecule has 9 nitrogen and oxygen atoms in total. The number of halogens is 3. The van der Waals surface area contributed by atoms with Crippen molar-refractivity contribution in [1.29, 1.82) is 0 Å². The van der Waals surface area contributed by atoms with E-state index in [9.17, 15) is 14.0 Å². The van der Waals surface area contributed by atoms with Gasteiger partial charge in [-0.3, -0.25) is 9.59 Å². The van der Waals surface area contributed by atoms with Crippen LogP contribution in [0.15, 0.2) is 73.1 Å². The van der Waals surface area contributed by atoms with Crippen LogP contribution in [0.1, 0.15) is 15.9 Å². The van der Waals surface area contributed by atoms with Crippen LogP contribution in [0.2, 0.25) is 10.0 Å². The van der Waals surface area contributed by atoms with E-state index in [4.69, 9.17) is 38.4 Å². The Kier molecular flexibility index (Phi) is 7.62. The number of hydrogen-bond donors (Lipinski definition) is 2. The Bertz CT molecular complexity index is 1530. The summed E-state index contributed by atoms with van der Waals surface area (Å²) >= 11 is 12.3. The first-order chi connectivity index (χ1) is 18.8. The Balaban J connectivity index is 1.49. The van der Waals surface area contributed by atoms with E-state index in [1.807, 2.05) is 30.3 Å². The van der Waals surface area contributed by atoms with Crippen LogP contribution in [0.3, 0.4) is 0 Å². The predicted octanol–water partition coefficient (Wildman–Crippen LogP) is 3.95. The van der Waals surface area contributed by atoms with Gasteiger partial charge in [0.15, 0.2) is 5.82 Å². The van der Waals surface area contributed by atoms with E-state index in [0.29, 0.717) is 0 Å². The van der Waals surface area contributed by atoms with Crippen molar-refractivity contribution in [2.75, 3.05) is 13.2 Å². The van der Waals surface area contributed by atoms with Gasteiger partial charge in [-0.05, 0) is 42.3 Å². The summed E-state index contributed by atoms with van der Waals surface area (Å²) in [4.78, 5) is 30.5. The summed E-state index contributed by atoms with van der Waals surface area (Å²) in [7, 11) is 0. The third-order valence-corrected chi connectivity index (χ3v) is 7.05. The number of rotatable bonds is 8. The quantitative estimate of drug-likeness (QED) is 0.310. The molecular formula is C27H22Cl2FN5O4. The number of amides is 2. The highest BCUT2D eigenvalue weighted by Crippen LogP contribution is 2.35. The Labute approximate surface area is 232 Å². The summed E-state index contributed by atoms with van der Waals surface area (Å²) in [6.45, 7) is 0.280. The van der Waals surface area contributed by atoms with Crippen molar-refractivity contribution in [3.63, 3.8) is 0 Å². The molecule has 1 unspecified atom stereocenters. The standard InChI is InChI=1S/C27H22Cl2FN5O4/c28-18-8-9-19(30)22(23(18)29)20-10-12-35(34-20)24-17(7-4-11-32-24)25(36)33-21(15-16-5-2-1-3-6-16)27(26(31)37)38-13-14-39-27/h1-12,21H,13-15H2,(H2,31,37)(H,33,36). The number of nitrogens with two attached hydrogens (primary N) is 1. The number of carbonyl (C=O) groups excluding carboxylic acids is 2. The smallest absolute Gasteiger partial charge is 0.280 e. The van der Waals surface area contributed by atoms with Gasteiger partial charge in [-0.2, -0.15) is 5.10 Å². The van der Waals surface area contributed by atoms with Gasteiger partial charge in [-0.25, -0.2) is 14.1 Å². The molecule has 1 aliphatic rings. The minimum Gasteiger partial charge on any atom is -0.365 e. The molecule has 2 amide bonds. The van der Waals surface area contributed by atoms with E-state index in [0.717, 1.165) is 5.56 Å². The summed E-state index contributed by atoms with van der Waals surface area (Å²) in [5, 5.41) is 7.42. The summed E-state index contributed by atoms with van der Waals surface area (Å²) in [5.74, 6) is -3.74. The molecular weight excluding hydrogens is 548 g/mol. The van der Waals surface area contributed by atoms with Crippen molar-refractivity contribution in [3.8, 4) is 17.1 Å². The van der Waals surface area contributed by atoms with Gasteiger partial charge in [-0.1, -0.05) is 53.5 Å². The molecule has 2 aromatic heterocycles. The summed E-state index contributed by atoms with van der Waals surface area (Å²) in [6.07, 6.45) is 3.19. The van der Waals surface area contributed by atoms with Crippen molar-refractivity contribution in [1.82, 2.24) is 20.1 Å². The third kappa shape index (κ3) is 5.24. The number of carbonyl (C=O) groups is 2. The molecule has 0 aliphatic carbocycles. The van der Waals surface area contributed by atoms with Crippen molar-refractivity contribution in [2.45, 2.75) is 18.2 Å². The fourth-order valence-corrected chi connectivity index (χ4v) is 4.81. The molecule has 0 saturated carbocycles. The van der Waals surface area contributed by atoms with Crippen molar-refractivity contribution in [2.24, 2.45) is 5.73 Å². The molecule has 39 heavy (non-hydrogen) atoms. The monoisotopic (exact) mass is 569 g/mol. The largest absolute Gasteiger partial charge is 0.365 e. The van der Waals surface area contributed by atoms with E-state index >= 15 is 0 Å². The molecule has 2 aromatic carbocycles. The van der Waals surface area contributed by atoms with Gasteiger partial charge in [0.25, 0.3) is 17.6 Å². The molecule has 1 aliphatic heterocycles. The molecule has 3 N–H and O–H groups in total. The number of benzene rings is 2. The number of hydrogen-bond acceptors (Lipinski definition) is 6. The second-order valence-corrected chi connectivity index (χ2v) is 9.47. The highest BCUT2D eigenvalue weighted by Gasteiger charge is 2.51. The Morgan fingerprint density at radius 3 is 2.54 bits per heavy atom. The Morgan fingerprint density at radius 2 is 1.82 bits per heavy atom. The molecule has 0 spiro atoms. The van der Waals surface area contributed by atoms with Crippen LogP contribution in [-0.4, -0.2) is 51.6 Å². The van der Waals surface area contributed by atoms with E-state index in [-0.39, 0.29) is 52.3 Å². The maximum atomic E-state index is 14.6. The fraction of sp³-hybridized carbons (Fsp3) is 0.185. The predicted molar refractivity (Wildman–Crippen MR) is 142 cm³/mol. The van der Waals surface area contributed by atoms with Gasteiger partial charge >= 0.3 is 0 Å². The van der Waals surface area contributed by atoms with Crippen LogP contribution in [0, 0.1) is 5.82 Å². The van der Waals surface area contributed by atoms with Gasteiger partial charge in [0.1, 0.15) is 5.82 Å². The number of pyridine rings is 1.